The molecule has 0 fully saturated rings. The minimum Gasteiger partial charge on any atom is -0.319 e. The Morgan fingerprint density at radius 2 is 1.45 bits per heavy atom. The van der Waals surface area contributed by atoms with Crippen molar-refractivity contribution >= 4 is 23.2 Å². The highest BCUT2D eigenvalue weighted by atomic mass is 19.2. The van der Waals surface area contributed by atoms with Crippen LogP contribution in [-0.2, 0) is 0 Å². The van der Waals surface area contributed by atoms with Crippen molar-refractivity contribution in [2.24, 2.45) is 0 Å². The fourth-order valence-corrected chi connectivity index (χ4v) is 2.79. The maximum Gasteiger partial charge on any atom is 0.258 e. The molecule has 2 amide bonds. The minimum atomic E-state index is -1.66. The molecule has 0 aliphatic carbocycles. The highest BCUT2D eigenvalue weighted by molar-refractivity contribution is 6.08. The van der Waals surface area contributed by atoms with Crippen LogP contribution in [0, 0.1) is 17.5 Å². The smallest absolute Gasteiger partial charge is 0.258 e. The molecule has 3 aromatic carbocycles. The van der Waals surface area contributed by atoms with Crippen LogP contribution in [0.25, 0.3) is 0 Å². The first-order chi connectivity index (χ1) is 13.9. The molecule has 0 aromatic heterocycles. The lowest BCUT2D eigenvalue weighted by atomic mass is 10.1. The zero-order valence-corrected chi connectivity index (χ0v) is 15.5. The molecule has 29 heavy (non-hydrogen) atoms. The van der Waals surface area contributed by atoms with E-state index in [4.69, 9.17) is 0 Å². The van der Waals surface area contributed by atoms with Crippen molar-refractivity contribution in [3.63, 3.8) is 0 Å². The van der Waals surface area contributed by atoms with E-state index in [1.54, 1.807) is 4.90 Å². The Bertz CT molecular complexity index is 1040. The second-order valence-electron chi connectivity index (χ2n) is 6.14. The molecule has 0 aliphatic rings. The Hall–Kier alpha value is -3.61. The fraction of sp³-hybridized carbons (Fsp3) is 0.0909. The molecular formula is C22H17F3N2O2. The first-order valence-corrected chi connectivity index (χ1v) is 8.84. The van der Waals surface area contributed by atoms with Crippen LogP contribution >= 0.6 is 0 Å². The molecule has 0 saturated heterocycles. The maximum atomic E-state index is 13.7. The molecule has 7 heteroatoms. The van der Waals surface area contributed by atoms with E-state index in [0.29, 0.717) is 12.1 Å². The summed E-state index contributed by atoms with van der Waals surface area (Å²) in [7, 11) is 0. The van der Waals surface area contributed by atoms with Crippen molar-refractivity contribution in [2.75, 3.05) is 16.8 Å². The minimum absolute atomic E-state index is 0.133. The zero-order valence-electron chi connectivity index (χ0n) is 15.5. The molecule has 148 valence electrons. The van der Waals surface area contributed by atoms with Gasteiger partial charge in [-0.15, -0.1) is 0 Å². The standard InChI is InChI=1S/C22H17F3N2O2/c1-2-27(16-6-4-3-5-7-16)22(29)15-10-8-14(9-11-15)21(28)26-18-13-12-17(23)19(24)20(18)25/h3-13H,2H2,1H3,(H,26,28). The lowest BCUT2D eigenvalue weighted by Crippen LogP contribution is -2.30. The fourth-order valence-electron chi connectivity index (χ4n) is 2.79. The van der Waals surface area contributed by atoms with Crippen molar-refractivity contribution in [1.82, 2.24) is 0 Å². The van der Waals surface area contributed by atoms with Crippen molar-refractivity contribution in [3.05, 3.63) is 95.3 Å². The van der Waals surface area contributed by atoms with Gasteiger partial charge in [0.25, 0.3) is 11.8 Å². The van der Waals surface area contributed by atoms with Gasteiger partial charge < -0.3 is 10.2 Å². The third-order valence-electron chi connectivity index (χ3n) is 4.31. The largest absolute Gasteiger partial charge is 0.319 e. The predicted molar refractivity (Wildman–Crippen MR) is 105 cm³/mol. The van der Waals surface area contributed by atoms with Gasteiger partial charge in [-0.05, 0) is 55.5 Å². The van der Waals surface area contributed by atoms with Crippen molar-refractivity contribution in [3.8, 4) is 0 Å². The summed E-state index contributed by atoms with van der Waals surface area (Å²) >= 11 is 0. The molecule has 4 nitrogen and oxygen atoms in total. The number of amides is 2. The normalized spacial score (nSPS) is 10.5. The maximum absolute atomic E-state index is 13.7. The van der Waals surface area contributed by atoms with E-state index < -0.39 is 29.0 Å². The van der Waals surface area contributed by atoms with E-state index in [2.05, 4.69) is 5.32 Å². The summed E-state index contributed by atoms with van der Waals surface area (Å²) in [5.41, 5.74) is 0.769. The molecule has 0 aliphatic heterocycles. The number of halogens is 3. The number of hydrogen-bond donors (Lipinski definition) is 1. The van der Waals surface area contributed by atoms with Gasteiger partial charge in [-0.3, -0.25) is 9.59 Å². The molecule has 3 aromatic rings. The second kappa shape index (κ2) is 8.60. The van der Waals surface area contributed by atoms with Gasteiger partial charge in [-0.25, -0.2) is 13.2 Å². The van der Waals surface area contributed by atoms with Crippen LogP contribution in [-0.4, -0.2) is 18.4 Å². The topological polar surface area (TPSA) is 49.4 Å². The number of nitrogens with one attached hydrogen (secondary N) is 1. The van der Waals surface area contributed by atoms with Gasteiger partial charge in [0.15, 0.2) is 17.5 Å². The molecule has 0 heterocycles. The van der Waals surface area contributed by atoms with Crippen LogP contribution in [0.15, 0.2) is 66.7 Å². The average Bonchev–Trinajstić information content (AvgIpc) is 2.75. The summed E-state index contributed by atoms with van der Waals surface area (Å²) in [5, 5.41) is 2.19. The molecule has 0 unspecified atom stereocenters. The SMILES string of the molecule is CCN(C(=O)c1ccc(C(=O)Nc2ccc(F)c(F)c2F)cc1)c1ccccc1. The number of carbonyl (C=O) groups is 2. The van der Waals surface area contributed by atoms with Crippen molar-refractivity contribution in [2.45, 2.75) is 6.92 Å². The summed E-state index contributed by atoms with van der Waals surface area (Å²) < 4.78 is 40.0. The Kier molecular flexibility index (Phi) is 5.97. The average molecular weight is 398 g/mol. The Morgan fingerprint density at radius 3 is 2.07 bits per heavy atom. The highest BCUT2D eigenvalue weighted by Crippen LogP contribution is 2.21. The van der Waals surface area contributed by atoms with E-state index in [1.807, 2.05) is 37.3 Å². The Morgan fingerprint density at radius 1 is 0.828 bits per heavy atom. The van der Waals surface area contributed by atoms with Crippen LogP contribution in [0.2, 0.25) is 0 Å². The third kappa shape index (κ3) is 4.29. The molecule has 0 saturated carbocycles. The van der Waals surface area contributed by atoms with Gasteiger partial charge in [0.05, 0.1) is 5.69 Å². The van der Waals surface area contributed by atoms with E-state index in [0.717, 1.165) is 17.8 Å². The second-order valence-corrected chi connectivity index (χ2v) is 6.14. The third-order valence-corrected chi connectivity index (χ3v) is 4.31. The van der Waals surface area contributed by atoms with E-state index >= 15 is 0 Å². The summed E-state index contributed by atoms with van der Waals surface area (Å²) in [4.78, 5) is 26.6. The predicted octanol–water partition coefficient (Wildman–Crippen LogP) is 5.02. The molecule has 1 N–H and O–H groups in total. The lowest BCUT2D eigenvalue weighted by Gasteiger charge is -2.21. The number of benzene rings is 3. The molecular weight excluding hydrogens is 381 g/mol. The number of carbonyl (C=O) groups excluding carboxylic acids is 2. The van der Waals surface area contributed by atoms with E-state index in [9.17, 15) is 22.8 Å². The quantitative estimate of drug-likeness (QED) is 0.614. The molecule has 0 radical (unpaired) electrons. The number of hydrogen-bond acceptors (Lipinski definition) is 2. The molecule has 3 rings (SSSR count). The van der Waals surface area contributed by atoms with Gasteiger partial charge in [0.2, 0.25) is 0 Å². The number of nitrogens with zero attached hydrogens (tertiary/aromatic N) is 1. The first-order valence-electron chi connectivity index (χ1n) is 8.84. The number of anilines is 2. The monoisotopic (exact) mass is 398 g/mol. The van der Waals surface area contributed by atoms with Gasteiger partial charge in [-0.2, -0.15) is 0 Å². The van der Waals surface area contributed by atoms with Crippen LogP contribution < -0.4 is 10.2 Å². The summed E-state index contributed by atoms with van der Waals surface area (Å²) in [6, 6.07) is 16.6. The van der Waals surface area contributed by atoms with E-state index in [-0.39, 0.29) is 11.5 Å². The zero-order chi connectivity index (χ0) is 21.0. The molecule has 0 spiro atoms. The van der Waals surface area contributed by atoms with Gasteiger partial charge in [0, 0.05) is 23.4 Å². The van der Waals surface area contributed by atoms with Crippen molar-refractivity contribution < 1.29 is 22.8 Å². The number of rotatable bonds is 5. The number of para-hydroxylation sites is 1. The lowest BCUT2D eigenvalue weighted by molar-refractivity contribution is 0.0985. The summed E-state index contributed by atoms with van der Waals surface area (Å²) in [6.07, 6.45) is 0. The van der Waals surface area contributed by atoms with Gasteiger partial charge >= 0.3 is 0 Å². The Labute approximate surface area is 165 Å². The van der Waals surface area contributed by atoms with Crippen LogP contribution in [0.1, 0.15) is 27.6 Å². The molecule has 0 bridgehead atoms. The summed E-state index contributed by atoms with van der Waals surface area (Å²) in [6.45, 7) is 2.31. The van der Waals surface area contributed by atoms with Crippen LogP contribution in [0.4, 0.5) is 24.5 Å². The van der Waals surface area contributed by atoms with Crippen LogP contribution in [0.5, 0.6) is 0 Å². The Balaban J connectivity index is 1.77. The van der Waals surface area contributed by atoms with Crippen molar-refractivity contribution in [1.29, 1.82) is 0 Å². The van der Waals surface area contributed by atoms with Gasteiger partial charge in [0.1, 0.15) is 0 Å². The summed E-state index contributed by atoms with van der Waals surface area (Å²) in [5.74, 6) is -5.44. The van der Waals surface area contributed by atoms with E-state index in [1.165, 1.54) is 24.3 Å². The molecule has 0 atom stereocenters. The van der Waals surface area contributed by atoms with Gasteiger partial charge in [-0.1, -0.05) is 18.2 Å². The first kappa shape index (κ1) is 20.1. The van der Waals surface area contributed by atoms with Crippen LogP contribution in [0.3, 0.4) is 0 Å². The highest BCUT2D eigenvalue weighted by Gasteiger charge is 2.18.